The van der Waals surface area contributed by atoms with Crippen LogP contribution in [0.3, 0.4) is 0 Å². The third-order valence-electron chi connectivity index (χ3n) is 2.24. The molecule has 0 aromatic carbocycles. The molecule has 1 N–H and O–H groups in total. The second-order valence-corrected chi connectivity index (χ2v) is 3.01. The van der Waals surface area contributed by atoms with Crippen LogP contribution in [0.1, 0.15) is 24.2 Å². The van der Waals surface area contributed by atoms with Gasteiger partial charge in [0, 0.05) is 11.8 Å². The van der Waals surface area contributed by atoms with E-state index in [2.05, 4.69) is 4.98 Å². The molecule has 1 unspecified atom stereocenters. The van der Waals surface area contributed by atoms with Crippen molar-refractivity contribution >= 4 is 0 Å². The minimum Gasteiger partial charge on any atom is -0.373 e. The predicted molar refractivity (Wildman–Crippen MR) is 45.1 cm³/mol. The van der Waals surface area contributed by atoms with E-state index in [0.717, 1.165) is 24.2 Å². The Balaban J connectivity index is 2.61. The number of H-pyrrole nitrogens is 1. The maximum atomic E-state index is 11.3. The molecule has 0 saturated heterocycles. The standard InChI is InChI=1S/C9H11NO2/c1-6-8-7(3-5-12-6)2-4-10-9(8)11/h2,4,6H,3,5H2,1H3,(H,10,11). The van der Waals surface area contributed by atoms with Crippen LogP contribution >= 0.6 is 0 Å². The molecule has 3 nitrogen and oxygen atoms in total. The summed E-state index contributed by atoms with van der Waals surface area (Å²) in [7, 11) is 0. The van der Waals surface area contributed by atoms with Gasteiger partial charge in [-0.25, -0.2) is 0 Å². The topological polar surface area (TPSA) is 42.1 Å². The lowest BCUT2D eigenvalue weighted by molar-refractivity contribution is 0.0543. The van der Waals surface area contributed by atoms with Gasteiger partial charge in [0.2, 0.25) is 0 Å². The van der Waals surface area contributed by atoms with Crippen LogP contribution in [0.2, 0.25) is 0 Å². The van der Waals surface area contributed by atoms with Crippen molar-refractivity contribution in [2.75, 3.05) is 6.61 Å². The molecule has 2 heterocycles. The Labute approximate surface area is 70.4 Å². The van der Waals surface area contributed by atoms with Crippen molar-refractivity contribution in [1.29, 1.82) is 0 Å². The Bertz CT molecular complexity index is 343. The summed E-state index contributed by atoms with van der Waals surface area (Å²) in [6.07, 6.45) is 2.49. The van der Waals surface area contributed by atoms with Crippen molar-refractivity contribution in [3.63, 3.8) is 0 Å². The molecule has 12 heavy (non-hydrogen) atoms. The van der Waals surface area contributed by atoms with Crippen LogP contribution < -0.4 is 5.56 Å². The van der Waals surface area contributed by atoms with Gasteiger partial charge in [-0.05, 0) is 25.0 Å². The first-order chi connectivity index (χ1) is 5.79. The van der Waals surface area contributed by atoms with Crippen molar-refractivity contribution in [3.8, 4) is 0 Å². The predicted octanol–water partition coefficient (Wildman–Crippen LogP) is 1.01. The molecule has 0 aliphatic carbocycles. The lowest BCUT2D eigenvalue weighted by Crippen LogP contribution is -2.24. The quantitative estimate of drug-likeness (QED) is 0.623. The summed E-state index contributed by atoms with van der Waals surface area (Å²) >= 11 is 0. The third-order valence-corrected chi connectivity index (χ3v) is 2.24. The van der Waals surface area contributed by atoms with E-state index in [4.69, 9.17) is 4.74 Å². The highest BCUT2D eigenvalue weighted by atomic mass is 16.5. The molecule has 1 aromatic rings. The molecule has 0 amide bonds. The van der Waals surface area contributed by atoms with E-state index < -0.39 is 0 Å². The Morgan fingerprint density at radius 3 is 3.25 bits per heavy atom. The van der Waals surface area contributed by atoms with Gasteiger partial charge in [0.15, 0.2) is 0 Å². The van der Waals surface area contributed by atoms with Gasteiger partial charge >= 0.3 is 0 Å². The summed E-state index contributed by atoms with van der Waals surface area (Å²) in [5, 5.41) is 0. The zero-order chi connectivity index (χ0) is 8.55. The van der Waals surface area contributed by atoms with E-state index in [1.807, 2.05) is 13.0 Å². The Kier molecular flexibility index (Phi) is 1.73. The summed E-state index contributed by atoms with van der Waals surface area (Å²) in [6.45, 7) is 2.63. The minimum absolute atomic E-state index is 0.0142. The zero-order valence-electron chi connectivity index (χ0n) is 6.96. The number of fused-ring (bicyclic) bond motifs is 1. The smallest absolute Gasteiger partial charge is 0.254 e. The zero-order valence-corrected chi connectivity index (χ0v) is 6.96. The van der Waals surface area contributed by atoms with Gasteiger partial charge in [0.1, 0.15) is 0 Å². The van der Waals surface area contributed by atoms with Gasteiger partial charge in [-0.2, -0.15) is 0 Å². The van der Waals surface area contributed by atoms with Crippen LogP contribution in [0, 0.1) is 0 Å². The maximum absolute atomic E-state index is 11.3. The van der Waals surface area contributed by atoms with Gasteiger partial charge < -0.3 is 9.72 Å². The molecule has 1 aliphatic heterocycles. The normalized spacial score (nSPS) is 21.9. The summed E-state index contributed by atoms with van der Waals surface area (Å²) < 4.78 is 5.37. The molecule has 3 heteroatoms. The van der Waals surface area contributed by atoms with Crippen molar-refractivity contribution in [2.24, 2.45) is 0 Å². The fourth-order valence-corrected chi connectivity index (χ4v) is 1.62. The number of aromatic amines is 1. The molecule has 0 saturated carbocycles. The van der Waals surface area contributed by atoms with Crippen molar-refractivity contribution in [1.82, 2.24) is 4.98 Å². The fourth-order valence-electron chi connectivity index (χ4n) is 1.62. The highest BCUT2D eigenvalue weighted by Crippen LogP contribution is 2.22. The molecular weight excluding hydrogens is 154 g/mol. The number of ether oxygens (including phenoxy) is 1. The summed E-state index contributed by atoms with van der Waals surface area (Å²) in [6, 6.07) is 1.95. The summed E-state index contributed by atoms with van der Waals surface area (Å²) in [5.74, 6) is 0. The largest absolute Gasteiger partial charge is 0.373 e. The molecule has 0 bridgehead atoms. The van der Waals surface area contributed by atoms with Crippen molar-refractivity contribution in [2.45, 2.75) is 19.4 Å². The van der Waals surface area contributed by atoms with Crippen molar-refractivity contribution in [3.05, 3.63) is 33.7 Å². The Morgan fingerprint density at radius 2 is 2.50 bits per heavy atom. The molecule has 1 atom stereocenters. The molecule has 1 aliphatic rings. The van der Waals surface area contributed by atoms with Gasteiger partial charge in [-0.3, -0.25) is 4.79 Å². The molecular formula is C9H11NO2. The first-order valence-electron chi connectivity index (χ1n) is 4.11. The average Bonchev–Trinajstić information content (AvgIpc) is 2.04. The molecule has 64 valence electrons. The number of rotatable bonds is 0. The number of aromatic nitrogens is 1. The van der Waals surface area contributed by atoms with Crippen LogP contribution in [0.25, 0.3) is 0 Å². The second kappa shape index (κ2) is 2.75. The first kappa shape index (κ1) is 7.55. The van der Waals surface area contributed by atoms with Gasteiger partial charge in [0.25, 0.3) is 5.56 Å². The lowest BCUT2D eigenvalue weighted by atomic mass is 10.0. The van der Waals surface area contributed by atoms with E-state index in [0.29, 0.717) is 0 Å². The van der Waals surface area contributed by atoms with Crippen LogP contribution in [0.5, 0.6) is 0 Å². The van der Waals surface area contributed by atoms with E-state index >= 15 is 0 Å². The summed E-state index contributed by atoms with van der Waals surface area (Å²) in [5.41, 5.74) is 1.90. The van der Waals surface area contributed by atoms with Crippen molar-refractivity contribution < 1.29 is 4.74 Å². The van der Waals surface area contributed by atoms with Crippen LogP contribution in [0.4, 0.5) is 0 Å². The SMILES string of the molecule is CC1OCCc2cc[nH]c(=O)c21. The van der Waals surface area contributed by atoms with Crippen LogP contribution in [-0.2, 0) is 11.2 Å². The average molecular weight is 165 g/mol. The fraction of sp³-hybridized carbons (Fsp3) is 0.444. The molecule has 1 aromatic heterocycles. The summed E-state index contributed by atoms with van der Waals surface area (Å²) in [4.78, 5) is 14.0. The Hall–Kier alpha value is -1.09. The third kappa shape index (κ3) is 1.06. The van der Waals surface area contributed by atoms with Crippen LogP contribution in [-0.4, -0.2) is 11.6 Å². The van der Waals surface area contributed by atoms with E-state index in [1.165, 1.54) is 0 Å². The number of hydrogen-bond donors (Lipinski definition) is 1. The highest BCUT2D eigenvalue weighted by Gasteiger charge is 2.19. The van der Waals surface area contributed by atoms with Gasteiger partial charge in [0.05, 0.1) is 12.7 Å². The molecule has 0 spiro atoms. The first-order valence-corrected chi connectivity index (χ1v) is 4.11. The van der Waals surface area contributed by atoms with Gasteiger partial charge in [-0.1, -0.05) is 0 Å². The monoisotopic (exact) mass is 165 g/mol. The lowest BCUT2D eigenvalue weighted by Gasteiger charge is -2.21. The maximum Gasteiger partial charge on any atom is 0.254 e. The molecule has 2 rings (SSSR count). The second-order valence-electron chi connectivity index (χ2n) is 3.01. The van der Waals surface area contributed by atoms with E-state index in [-0.39, 0.29) is 11.7 Å². The molecule has 0 fully saturated rings. The van der Waals surface area contributed by atoms with Gasteiger partial charge in [-0.15, -0.1) is 0 Å². The van der Waals surface area contributed by atoms with E-state index in [9.17, 15) is 4.79 Å². The highest BCUT2D eigenvalue weighted by molar-refractivity contribution is 5.27. The Morgan fingerprint density at radius 1 is 1.67 bits per heavy atom. The van der Waals surface area contributed by atoms with E-state index in [1.54, 1.807) is 6.20 Å². The number of pyridine rings is 1. The number of hydrogen-bond acceptors (Lipinski definition) is 2. The van der Waals surface area contributed by atoms with Crippen LogP contribution in [0.15, 0.2) is 17.1 Å². The molecule has 0 radical (unpaired) electrons. The minimum atomic E-state index is -0.0568. The number of nitrogens with one attached hydrogen (secondary N) is 1.